The van der Waals surface area contributed by atoms with E-state index in [1.54, 1.807) is 0 Å². The molecule has 9 nitrogen and oxygen atoms in total. The standard InChI is InChI=1S/C11H17N3O6/c1-10(14-4-3-7(16)13-9(14)18)11(19,12-2)8(17)6(5-15)20-10/h3-4,6,8,12,15,17,19H,5H2,1-2H3,(H,13,16,18)/t6-,8-,10-,11-/m1/s1. The molecule has 0 aliphatic carbocycles. The van der Waals surface area contributed by atoms with Crippen LogP contribution in [0.4, 0.5) is 0 Å². The molecule has 1 fully saturated rings. The molecule has 0 spiro atoms. The van der Waals surface area contributed by atoms with Gasteiger partial charge in [0.15, 0.2) is 11.4 Å². The molecule has 0 aromatic carbocycles. The Balaban J connectivity index is 2.62. The van der Waals surface area contributed by atoms with E-state index in [0.29, 0.717) is 0 Å². The average Bonchev–Trinajstić information content (AvgIpc) is 2.61. The molecule has 0 saturated carbocycles. The third-order valence-corrected chi connectivity index (χ3v) is 3.71. The van der Waals surface area contributed by atoms with Gasteiger partial charge in [0.05, 0.1) is 6.61 Å². The smallest absolute Gasteiger partial charge is 0.330 e. The molecular weight excluding hydrogens is 270 g/mol. The lowest BCUT2D eigenvalue weighted by atomic mass is 9.95. The molecule has 1 aliphatic rings. The van der Waals surface area contributed by atoms with Crippen molar-refractivity contribution in [3.05, 3.63) is 33.1 Å². The summed E-state index contributed by atoms with van der Waals surface area (Å²) in [6.45, 7) is 0.820. The number of nitrogens with one attached hydrogen (secondary N) is 2. The van der Waals surface area contributed by atoms with Crippen LogP contribution in [0.2, 0.25) is 0 Å². The Morgan fingerprint density at radius 3 is 2.70 bits per heavy atom. The van der Waals surface area contributed by atoms with E-state index in [4.69, 9.17) is 4.74 Å². The molecule has 1 aliphatic heterocycles. The van der Waals surface area contributed by atoms with Gasteiger partial charge in [0, 0.05) is 12.3 Å². The van der Waals surface area contributed by atoms with Crippen LogP contribution < -0.4 is 16.6 Å². The highest BCUT2D eigenvalue weighted by atomic mass is 16.6. The molecule has 1 aromatic rings. The molecule has 0 amide bonds. The van der Waals surface area contributed by atoms with E-state index in [9.17, 15) is 24.9 Å². The number of aliphatic hydroxyl groups excluding tert-OH is 2. The van der Waals surface area contributed by atoms with Crippen LogP contribution in [-0.2, 0) is 10.5 Å². The van der Waals surface area contributed by atoms with Gasteiger partial charge in [-0.3, -0.25) is 19.7 Å². The summed E-state index contributed by atoms with van der Waals surface area (Å²) in [5, 5.41) is 32.3. The van der Waals surface area contributed by atoms with Crippen molar-refractivity contribution < 1.29 is 20.1 Å². The highest BCUT2D eigenvalue weighted by Gasteiger charge is 2.63. The first-order valence-corrected chi connectivity index (χ1v) is 6.00. The van der Waals surface area contributed by atoms with E-state index >= 15 is 0 Å². The fraction of sp³-hybridized carbons (Fsp3) is 0.636. The molecule has 20 heavy (non-hydrogen) atoms. The maximum absolute atomic E-state index is 11.9. The van der Waals surface area contributed by atoms with Gasteiger partial charge in [0.1, 0.15) is 12.2 Å². The molecule has 1 saturated heterocycles. The van der Waals surface area contributed by atoms with Crippen molar-refractivity contribution in [3.63, 3.8) is 0 Å². The van der Waals surface area contributed by atoms with Gasteiger partial charge < -0.3 is 20.1 Å². The van der Waals surface area contributed by atoms with Gasteiger partial charge in [-0.15, -0.1) is 0 Å². The molecule has 2 rings (SSSR count). The van der Waals surface area contributed by atoms with E-state index in [2.05, 4.69) is 5.32 Å². The largest absolute Gasteiger partial charge is 0.394 e. The molecule has 0 bridgehead atoms. The van der Waals surface area contributed by atoms with Crippen LogP contribution in [0, 0.1) is 0 Å². The van der Waals surface area contributed by atoms with E-state index in [-0.39, 0.29) is 0 Å². The molecule has 4 atom stereocenters. The molecule has 0 unspecified atom stereocenters. The lowest BCUT2D eigenvalue weighted by molar-refractivity contribution is -0.199. The van der Waals surface area contributed by atoms with Gasteiger partial charge in [0.25, 0.3) is 5.56 Å². The molecule has 0 radical (unpaired) electrons. The lowest BCUT2D eigenvalue weighted by Crippen LogP contribution is -2.66. The number of nitrogens with zero attached hydrogens (tertiary/aromatic N) is 1. The Morgan fingerprint density at radius 2 is 2.20 bits per heavy atom. The number of rotatable bonds is 3. The Hall–Kier alpha value is -1.52. The Labute approximate surface area is 113 Å². The summed E-state index contributed by atoms with van der Waals surface area (Å²) >= 11 is 0. The predicted molar refractivity (Wildman–Crippen MR) is 66.9 cm³/mol. The Kier molecular flexibility index (Phi) is 3.56. The molecule has 9 heteroatoms. The van der Waals surface area contributed by atoms with Crippen LogP contribution in [-0.4, -0.2) is 56.5 Å². The zero-order valence-corrected chi connectivity index (χ0v) is 11.0. The summed E-state index contributed by atoms with van der Waals surface area (Å²) in [5.74, 6) is 0. The number of ether oxygens (including phenoxy) is 1. The average molecular weight is 287 g/mol. The lowest BCUT2D eigenvalue weighted by Gasteiger charge is -2.39. The number of hydrogen-bond acceptors (Lipinski definition) is 7. The first-order chi connectivity index (χ1) is 9.30. The summed E-state index contributed by atoms with van der Waals surface area (Å²) in [4.78, 5) is 25.0. The minimum absolute atomic E-state index is 0.543. The van der Waals surface area contributed by atoms with Crippen LogP contribution in [0.5, 0.6) is 0 Å². The minimum atomic E-state index is -2.03. The first kappa shape index (κ1) is 14.9. The van der Waals surface area contributed by atoms with Crippen LogP contribution in [0.25, 0.3) is 0 Å². The molecule has 2 heterocycles. The second-order valence-electron chi connectivity index (χ2n) is 4.76. The summed E-state index contributed by atoms with van der Waals surface area (Å²) < 4.78 is 6.40. The number of aromatic amines is 1. The summed E-state index contributed by atoms with van der Waals surface area (Å²) in [6.07, 6.45) is -1.41. The van der Waals surface area contributed by atoms with Gasteiger partial charge >= 0.3 is 5.69 Å². The number of likely N-dealkylation sites (N-methyl/N-ethyl adjacent to an activating group) is 1. The van der Waals surface area contributed by atoms with E-state index in [0.717, 1.165) is 16.8 Å². The second kappa shape index (κ2) is 4.79. The number of aliphatic hydroxyl groups is 3. The number of hydrogen-bond donors (Lipinski definition) is 5. The van der Waals surface area contributed by atoms with Gasteiger partial charge in [-0.25, -0.2) is 4.79 Å². The molecule has 5 N–H and O–H groups in total. The topological polar surface area (TPSA) is 137 Å². The monoisotopic (exact) mass is 287 g/mol. The maximum atomic E-state index is 11.9. The van der Waals surface area contributed by atoms with Gasteiger partial charge in [-0.1, -0.05) is 0 Å². The van der Waals surface area contributed by atoms with Crippen molar-refractivity contribution in [3.8, 4) is 0 Å². The van der Waals surface area contributed by atoms with E-state index in [1.165, 1.54) is 14.0 Å². The summed E-state index contributed by atoms with van der Waals surface area (Å²) in [6, 6.07) is 1.09. The van der Waals surface area contributed by atoms with Crippen molar-refractivity contribution in [2.45, 2.75) is 30.6 Å². The third kappa shape index (κ3) is 1.83. The Morgan fingerprint density at radius 1 is 1.55 bits per heavy atom. The van der Waals surface area contributed by atoms with Crippen molar-refractivity contribution in [1.82, 2.24) is 14.9 Å². The normalized spacial score (nSPS) is 37.2. The molecule has 1 aromatic heterocycles. The zero-order valence-electron chi connectivity index (χ0n) is 11.0. The van der Waals surface area contributed by atoms with Crippen molar-refractivity contribution in [1.29, 1.82) is 0 Å². The minimum Gasteiger partial charge on any atom is -0.394 e. The van der Waals surface area contributed by atoms with Crippen molar-refractivity contribution in [2.75, 3.05) is 13.7 Å². The fourth-order valence-corrected chi connectivity index (χ4v) is 2.50. The quantitative estimate of drug-likeness (QED) is 0.371. The van der Waals surface area contributed by atoms with E-state index in [1.807, 2.05) is 4.98 Å². The van der Waals surface area contributed by atoms with E-state index < -0.39 is 41.5 Å². The van der Waals surface area contributed by atoms with Crippen molar-refractivity contribution >= 4 is 0 Å². The van der Waals surface area contributed by atoms with Crippen LogP contribution in [0.15, 0.2) is 21.9 Å². The zero-order chi connectivity index (χ0) is 15.1. The highest BCUT2D eigenvalue weighted by Crippen LogP contribution is 2.40. The van der Waals surface area contributed by atoms with Crippen LogP contribution >= 0.6 is 0 Å². The first-order valence-electron chi connectivity index (χ1n) is 6.00. The van der Waals surface area contributed by atoms with Gasteiger partial charge in [0.2, 0.25) is 0 Å². The van der Waals surface area contributed by atoms with Crippen LogP contribution in [0.1, 0.15) is 6.92 Å². The maximum Gasteiger partial charge on any atom is 0.330 e. The third-order valence-electron chi connectivity index (χ3n) is 3.71. The van der Waals surface area contributed by atoms with Crippen molar-refractivity contribution in [2.24, 2.45) is 0 Å². The number of H-pyrrole nitrogens is 1. The predicted octanol–water partition coefficient (Wildman–Crippen LogP) is -3.13. The van der Waals surface area contributed by atoms with Gasteiger partial charge in [-0.2, -0.15) is 0 Å². The van der Waals surface area contributed by atoms with Gasteiger partial charge in [-0.05, 0) is 14.0 Å². The summed E-state index contributed by atoms with van der Waals surface area (Å²) in [7, 11) is 1.38. The molecular formula is C11H17N3O6. The number of aromatic nitrogens is 2. The highest BCUT2D eigenvalue weighted by molar-refractivity contribution is 5.07. The second-order valence-corrected chi connectivity index (χ2v) is 4.76. The SMILES string of the molecule is CN[C@@]1(O)[C@H](O)[C@@H](CO)O[C@@]1(C)n1ccc(=O)[nH]c1=O. The molecule has 112 valence electrons. The Bertz CT molecular complexity index is 613. The fourth-order valence-electron chi connectivity index (χ4n) is 2.50. The summed E-state index contributed by atoms with van der Waals surface area (Å²) in [5.41, 5.74) is -5.14. The van der Waals surface area contributed by atoms with Crippen LogP contribution in [0.3, 0.4) is 0 Å².